The average molecular weight is 386 g/mol. The molecule has 154 valence electrons. The lowest BCUT2D eigenvalue weighted by atomic mass is 9.84. The number of unbranched alkanes of at least 4 members (excludes halogenated alkanes) is 4. The first-order valence-corrected chi connectivity index (χ1v) is 11.2. The first-order chi connectivity index (χ1) is 13.7. The molecular weight excluding hydrogens is 349 g/mol. The standard InChI is InChI=1S/C25H36FNO/c1-2-3-4-5-6-8-21-11-13-23(14-12-21)20-28-25-17-15-22(16-18-25)9-7-10-24(26)19-27/h10-14,22,25H,2-9,15-18,20H2,1H3/b24-10-/t22-,25-. The molecule has 0 unspecified atom stereocenters. The van der Waals surface area contributed by atoms with Gasteiger partial charge in [0.15, 0.2) is 5.83 Å². The van der Waals surface area contributed by atoms with Crippen LogP contribution in [-0.4, -0.2) is 6.10 Å². The van der Waals surface area contributed by atoms with Crippen LogP contribution in [0.2, 0.25) is 0 Å². The van der Waals surface area contributed by atoms with Crippen LogP contribution in [0.25, 0.3) is 0 Å². The summed E-state index contributed by atoms with van der Waals surface area (Å²) in [6.07, 6.45) is 15.7. The van der Waals surface area contributed by atoms with E-state index in [-0.39, 0.29) is 0 Å². The normalized spacial score (nSPS) is 20.1. The lowest BCUT2D eigenvalue weighted by Gasteiger charge is -2.28. The largest absolute Gasteiger partial charge is 0.374 e. The van der Waals surface area contributed by atoms with Gasteiger partial charge in [0, 0.05) is 0 Å². The Morgan fingerprint density at radius 1 is 1.07 bits per heavy atom. The molecule has 0 radical (unpaired) electrons. The van der Waals surface area contributed by atoms with E-state index in [9.17, 15) is 4.39 Å². The van der Waals surface area contributed by atoms with Gasteiger partial charge in [0.05, 0.1) is 12.7 Å². The number of aryl methyl sites for hydroxylation is 1. The van der Waals surface area contributed by atoms with Crippen LogP contribution in [0.4, 0.5) is 4.39 Å². The van der Waals surface area contributed by atoms with Crippen LogP contribution in [0.15, 0.2) is 36.2 Å². The smallest absolute Gasteiger partial charge is 0.196 e. The molecule has 0 aromatic heterocycles. The van der Waals surface area contributed by atoms with Crippen LogP contribution in [0.5, 0.6) is 0 Å². The van der Waals surface area contributed by atoms with Gasteiger partial charge in [-0.3, -0.25) is 0 Å². The van der Waals surface area contributed by atoms with Crippen LogP contribution in [0.1, 0.15) is 88.7 Å². The fraction of sp³-hybridized carbons (Fsp3) is 0.640. The molecule has 0 spiro atoms. The predicted octanol–water partition coefficient (Wildman–Crippen LogP) is 7.43. The molecule has 0 atom stereocenters. The molecule has 1 fully saturated rings. The Balaban J connectivity index is 1.60. The van der Waals surface area contributed by atoms with Crippen LogP contribution in [0, 0.1) is 17.2 Å². The van der Waals surface area contributed by atoms with E-state index in [0.717, 1.165) is 32.1 Å². The summed E-state index contributed by atoms with van der Waals surface area (Å²) in [6.45, 7) is 2.95. The highest BCUT2D eigenvalue weighted by Gasteiger charge is 2.21. The van der Waals surface area contributed by atoms with Gasteiger partial charge in [0.2, 0.25) is 0 Å². The molecule has 1 aromatic rings. The number of hydrogen-bond acceptors (Lipinski definition) is 2. The fourth-order valence-corrected chi connectivity index (χ4v) is 4.03. The monoisotopic (exact) mass is 385 g/mol. The minimum atomic E-state index is -0.653. The van der Waals surface area contributed by atoms with Crippen LogP contribution in [0.3, 0.4) is 0 Å². The van der Waals surface area contributed by atoms with Crippen molar-refractivity contribution < 1.29 is 9.13 Å². The lowest BCUT2D eigenvalue weighted by Crippen LogP contribution is -2.21. The molecule has 0 aliphatic heterocycles. The highest BCUT2D eigenvalue weighted by Crippen LogP contribution is 2.30. The molecule has 1 aliphatic rings. The summed E-state index contributed by atoms with van der Waals surface area (Å²) in [6, 6.07) is 10.5. The van der Waals surface area contributed by atoms with E-state index in [4.69, 9.17) is 10.00 Å². The summed E-state index contributed by atoms with van der Waals surface area (Å²) >= 11 is 0. The molecule has 0 amide bonds. The van der Waals surface area contributed by atoms with Gasteiger partial charge >= 0.3 is 0 Å². The predicted molar refractivity (Wildman–Crippen MR) is 113 cm³/mol. The minimum Gasteiger partial charge on any atom is -0.374 e. The summed E-state index contributed by atoms with van der Waals surface area (Å²) < 4.78 is 18.9. The Kier molecular flexibility index (Phi) is 10.9. The number of halogens is 1. The zero-order chi connectivity index (χ0) is 20.0. The molecule has 0 bridgehead atoms. The zero-order valence-electron chi connectivity index (χ0n) is 17.5. The second-order valence-electron chi connectivity index (χ2n) is 8.18. The Labute approximate surface area is 170 Å². The fourth-order valence-electron chi connectivity index (χ4n) is 4.03. The second-order valence-corrected chi connectivity index (χ2v) is 8.18. The molecule has 1 aliphatic carbocycles. The van der Waals surface area contributed by atoms with E-state index < -0.39 is 5.83 Å². The molecule has 1 saturated carbocycles. The molecule has 28 heavy (non-hydrogen) atoms. The maximum absolute atomic E-state index is 12.8. The second kappa shape index (κ2) is 13.5. The molecule has 1 aromatic carbocycles. The van der Waals surface area contributed by atoms with Crippen molar-refractivity contribution in [2.45, 2.75) is 96.7 Å². The van der Waals surface area contributed by atoms with E-state index in [1.807, 2.05) is 0 Å². The van der Waals surface area contributed by atoms with Gasteiger partial charge in [-0.1, -0.05) is 56.9 Å². The summed E-state index contributed by atoms with van der Waals surface area (Å²) in [5.74, 6) is -0.0151. The van der Waals surface area contributed by atoms with E-state index in [1.165, 1.54) is 61.8 Å². The van der Waals surface area contributed by atoms with E-state index in [1.54, 1.807) is 0 Å². The summed E-state index contributed by atoms with van der Waals surface area (Å²) in [7, 11) is 0. The highest BCUT2D eigenvalue weighted by atomic mass is 19.1. The van der Waals surface area contributed by atoms with E-state index in [2.05, 4.69) is 31.2 Å². The van der Waals surface area contributed by atoms with Crippen molar-refractivity contribution in [2.24, 2.45) is 5.92 Å². The third kappa shape index (κ3) is 9.02. The lowest BCUT2D eigenvalue weighted by molar-refractivity contribution is 0.00645. The topological polar surface area (TPSA) is 33.0 Å². The Morgan fingerprint density at radius 3 is 2.43 bits per heavy atom. The first-order valence-electron chi connectivity index (χ1n) is 11.2. The van der Waals surface area contributed by atoms with Gasteiger partial charge in [-0.25, -0.2) is 0 Å². The van der Waals surface area contributed by atoms with Gasteiger partial charge < -0.3 is 4.74 Å². The maximum atomic E-state index is 12.8. The summed E-state index contributed by atoms with van der Waals surface area (Å²) in [4.78, 5) is 0. The number of benzene rings is 1. The van der Waals surface area contributed by atoms with Gasteiger partial charge in [-0.05, 0) is 74.5 Å². The minimum absolute atomic E-state index is 0.348. The van der Waals surface area contributed by atoms with Crippen molar-refractivity contribution in [1.82, 2.24) is 0 Å². The highest BCUT2D eigenvalue weighted by molar-refractivity contribution is 5.22. The van der Waals surface area contributed by atoms with Crippen molar-refractivity contribution >= 4 is 0 Å². The van der Waals surface area contributed by atoms with Crippen LogP contribution >= 0.6 is 0 Å². The third-order valence-corrected chi connectivity index (χ3v) is 5.88. The summed E-state index contributed by atoms with van der Waals surface area (Å²) in [5, 5.41) is 8.43. The maximum Gasteiger partial charge on any atom is 0.196 e. The first kappa shape index (κ1) is 22.6. The van der Waals surface area contributed by atoms with Crippen LogP contribution in [-0.2, 0) is 17.8 Å². The molecule has 0 heterocycles. The van der Waals surface area contributed by atoms with Crippen molar-refractivity contribution in [3.63, 3.8) is 0 Å². The molecule has 0 N–H and O–H groups in total. The van der Waals surface area contributed by atoms with Gasteiger partial charge in [-0.15, -0.1) is 0 Å². The van der Waals surface area contributed by atoms with Gasteiger partial charge in [0.25, 0.3) is 0 Å². The number of nitrogens with zero attached hydrogens (tertiary/aromatic N) is 1. The number of nitriles is 1. The number of ether oxygens (including phenoxy) is 1. The third-order valence-electron chi connectivity index (χ3n) is 5.88. The number of hydrogen-bond donors (Lipinski definition) is 0. The molecule has 2 rings (SSSR count). The quantitative estimate of drug-likeness (QED) is 0.277. The van der Waals surface area contributed by atoms with Gasteiger partial charge in [-0.2, -0.15) is 9.65 Å². The number of allylic oxidation sites excluding steroid dienone is 2. The average Bonchev–Trinajstić information content (AvgIpc) is 2.73. The molecule has 2 nitrogen and oxygen atoms in total. The molecule has 0 saturated heterocycles. The Bertz CT molecular complexity index is 608. The summed E-state index contributed by atoms with van der Waals surface area (Å²) in [5.41, 5.74) is 2.69. The van der Waals surface area contributed by atoms with Crippen molar-refractivity contribution in [2.75, 3.05) is 0 Å². The van der Waals surface area contributed by atoms with E-state index in [0.29, 0.717) is 25.0 Å². The zero-order valence-corrected chi connectivity index (χ0v) is 17.5. The SMILES string of the molecule is CCCCCCCc1ccc(CO[C@H]2CC[C@H](CC/C=C(\F)C#N)CC2)cc1. The molecule has 3 heteroatoms. The van der Waals surface area contributed by atoms with Crippen molar-refractivity contribution in [3.05, 3.63) is 47.3 Å². The Hall–Kier alpha value is -1.66. The van der Waals surface area contributed by atoms with Crippen molar-refractivity contribution in [3.8, 4) is 6.07 Å². The molecular formula is C25H36FNO. The van der Waals surface area contributed by atoms with E-state index >= 15 is 0 Å². The number of rotatable bonds is 12. The Morgan fingerprint density at radius 2 is 1.75 bits per heavy atom. The van der Waals surface area contributed by atoms with Crippen LogP contribution < -0.4 is 0 Å². The van der Waals surface area contributed by atoms with Gasteiger partial charge in [0.1, 0.15) is 6.07 Å². The van der Waals surface area contributed by atoms with Crippen molar-refractivity contribution in [1.29, 1.82) is 5.26 Å².